The molecule has 140 valence electrons. The summed E-state index contributed by atoms with van der Waals surface area (Å²) in [6.45, 7) is 6.81. The zero-order chi connectivity index (χ0) is 19.4. The van der Waals surface area contributed by atoms with Crippen LogP contribution in [0, 0.1) is 13.8 Å². The summed E-state index contributed by atoms with van der Waals surface area (Å²) in [7, 11) is 0. The van der Waals surface area contributed by atoms with Crippen LogP contribution in [0.3, 0.4) is 0 Å². The summed E-state index contributed by atoms with van der Waals surface area (Å²) >= 11 is 0. The molecule has 0 saturated heterocycles. The third kappa shape index (κ3) is 4.08. The van der Waals surface area contributed by atoms with Crippen molar-refractivity contribution in [1.29, 1.82) is 0 Å². The lowest BCUT2D eigenvalue weighted by atomic mass is 10.1. The maximum Gasteiger partial charge on any atom is 0.295 e. The number of aromatic hydroxyl groups is 1. The van der Waals surface area contributed by atoms with Gasteiger partial charge in [-0.05, 0) is 44.5 Å². The highest BCUT2D eigenvalue weighted by Gasteiger charge is 2.17. The molecular formula is C22H25N3O2. The number of hydrogen-bond acceptors (Lipinski definition) is 3. The highest BCUT2D eigenvalue weighted by atomic mass is 16.3. The topological polar surface area (TPSA) is 66.9 Å². The fourth-order valence-electron chi connectivity index (χ4n) is 3.13. The number of hydrogen-bond donors (Lipinski definition) is 1. The van der Waals surface area contributed by atoms with E-state index >= 15 is 0 Å². The van der Waals surface area contributed by atoms with Crippen LogP contribution in [0.5, 0.6) is 5.88 Å². The van der Waals surface area contributed by atoms with Crippen LogP contribution in [-0.2, 0) is 6.54 Å². The van der Waals surface area contributed by atoms with Crippen LogP contribution >= 0.6 is 0 Å². The van der Waals surface area contributed by atoms with Crippen molar-refractivity contribution in [2.45, 2.75) is 46.6 Å². The number of unbranched alkanes of at least 4 members (excludes halogenated alkanes) is 2. The first-order valence-corrected chi connectivity index (χ1v) is 9.35. The first-order valence-electron chi connectivity index (χ1n) is 9.35. The molecule has 0 unspecified atom stereocenters. The zero-order valence-electron chi connectivity index (χ0n) is 16.1. The number of fused-ring (bicyclic) bond motifs is 1. The number of carbonyl (C=O) groups is 1. The van der Waals surface area contributed by atoms with Crippen LogP contribution in [-0.4, -0.2) is 15.6 Å². The average molecular weight is 363 g/mol. The van der Waals surface area contributed by atoms with Crippen LogP contribution in [0.1, 0.15) is 47.7 Å². The van der Waals surface area contributed by atoms with Crippen molar-refractivity contribution in [1.82, 2.24) is 4.57 Å². The Morgan fingerprint density at radius 1 is 1.04 bits per heavy atom. The molecule has 1 N–H and O–H groups in total. The van der Waals surface area contributed by atoms with E-state index in [9.17, 15) is 9.90 Å². The predicted molar refractivity (Wildman–Crippen MR) is 108 cm³/mol. The van der Waals surface area contributed by atoms with Gasteiger partial charge >= 0.3 is 0 Å². The third-order valence-corrected chi connectivity index (χ3v) is 4.69. The van der Waals surface area contributed by atoms with Gasteiger partial charge in [0.2, 0.25) is 5.88 Å². The summed E-state index contributed by atoms with van der Waals surface area (Å²) in [5.41, 5.74) is 3.88. The molecule has 5 heteroatoms. The molecule has 0 atom stereocenters. The smallest absolute Gasteiger partial charge is 0.295 e. The van der Waals surface area contributed by atoms with Crippen molar-refractivity contribution in [3.05, 3.63) is 59.2 Å². The zero-order valence-corrected chi connectivity index (χ0v) is 16.1. The molecule has 0 aliphatic heterocycles. The van der Waals surface area contributed by atoms with Gasteiger partial charge in [-0.25, -0.2) is 0 Å². The molecule has 0 bridgehead atoms. The molecular weight excluding hydrogens is 338 g/mol. The second-order valence-electron chi connectivity index (χ2n) is 6.92. The van der Waals surface area contributed by atoms with E-state index < -0.39 is 5.91 Å². The van der Waals surface area contributed by atoms with Crippen molar-refractivity contribution in [3.8, 4) is 5.88 Å². The number of rotatable bonds is 6. The molecule has 5 nitrogen and oxygen atoms in total. The molecule has 1 heterocycles. The maximum atomic E-state index is 12.3. The fraction of sp³-hybridized carbons (Fsp3) is 0.318. The molecule has 1 amide bonds. The SMILES string of the molecule is CCCCCn1c(O)c(N=NC(=O)c2ccc(C)cc2)c2cc(C)ccc21. The van der Waals surface area contributed by atoms with Crippen LogP contribution in [0.2, 0.25) is 0 Å². The Bertz CT molecular complexity index is 985. The van der Waals surface area contributed by atoms with Crippen LogP contribution in [0.15, 0.2) is 52.7 Å². The molecule has 2 aromatic carbocycles. The van der Waals surface area contributed by atoms with Crippen molar-refractivity contribution >= 4 is 22.5 Å². The quantitative estimate of drug-likeness (QED) is 0.426. The summed E-state index contributed by atoms with van der Waals surface area (Å²) in [5, 5.41) is 19.5. The Labute approximate surface area is 159 Å². The first-order chi connectivity index (χ1) is 13.0. The van der Waals surface area contributed by atoms with E-state index in [1.807, 2.05) is 48.7 Å². The van der Waals surface area contributed by atoms with Crippen molar-refractivity contribution in [2.24, 2.45) is 10.2 Å². The molecule has 0 saturated carbocycles. The average Bonchev–Trinajstić information content (AvgIpc) is 2.91. The number of amides is 1. The number of aromatic nitrogens is 1. The Morgan fingerprint density at radius 3 is 2.44 bits per heavy atom. The van der Waals surface area contributed by atoms with Gasteiger partial charge in [0, 0.05) is 17.5 Å². The summed E-state index contributed by atoms with van der Waals surface area (Å²) in [6.07, 6.45) is 3.17. The lowest BCUT2D eigenvalue weighted by Crippen LogP contribution is -1.96. The van der Waals surface area contributed by atoms with Gasteiger partial charge in [0.15, 0.2) is 5.69 Å². The van der Waals surface area contributed by atoms with E-state index in [4.69, 9.17) is 0 Å². The number of azo groups is 1. The highest BCUT2D eigenvalue weighted by molar-refractivity contribution is 5.97. The normalized spacial score (nSPS) is 11.5. The molecule has 0 spiro atoms. The summed E-state index contributed by atoms with van der Waals surface area (Å²) in [6, 6.07) is 13.2. The second kappa shape index (κ2) is 8.16. The lowest BCUT2D eigenvalue weighted by Gasteiger charge is -2.06. The summed E-state index contributed by atoms with van der Waals surface area (Å²) in [5.74, 6) is -0.360. The fourth-order valence-corrected chi connectivity index (χ4v) is 3.13. The Hall–Kier alpha value is -2.95. The van der Waals surface area contributed by atoms with Gasteiger partial charge in [0.1, 0.15) is 0 Å². The molecule has 3 aromatic rings. The predicted octanol–water partition coefficient (Wildman–Crippen LogP) is 6.08. The van der Waals surface area contributed by atoms with E-state index in [0.29, 0.717) is 17.8 Å². The number of carbonyl (C=O) groups excluding carboxylic acids is 1. The molecule has 0 aliphatic carbocycles. The first kappa shape index (κ1) is 18.8. The number of nitrogens with zero attached hydrogens (tertiary/aromatic N) is 3. The monoisotopic (exact) mass is 363 g/mol. The molecule has 1 aromatic heterocycles. The van der Waals surface area contributed by atoms with E-state index in [1.54, 1.807) is 12.1 Å². The van der Waals surface area contributed by atoms with E-state index in [0.717, 1.165) is 41.3 Å². The minimum atomic E-state index is -0.422. The van der Waals surface area contributed by atoms with E-state index in [2.05, 4.69) is 17.2 Å². The van der Waals surface area contributed by atoms with Gasteiger partial charge in [-0.2, -0.15) is 0 Å². The number of aryl methyl sites for hydroxylation is 3. The van der Waals surface area contributed by atoms with E-state index in [1.165, 1.54) is 0 Å². The Morgan fingerprint density at radius 2 is 1.74 bits per heavy atom. The van der Waals surface area contributed by atoms with Crippen molar-refractivity contribution in [3.63, 3.8) is 0 Å². The van der Waals surface area contributed by atoms with Crippen LogP contribution in [0.25, 0.3) is 10.9 Å². The molecule has 0 radical (unpaired) electrons. The minimum Gasteiger partial charge on any atom is -0.493 e. The highest BCUT2D eigenvalue weighted by Crippen LogP contribution is 2.39. The number of benzene rings is 2. The van der Waals surface area contributed by atoms with Gasteiger partial charge in [-0.1, -0.05) is 49.1 Å². The minimum absolute atomic E-state index is 0.0622. The van der Waals surface area contributed by atoms with Gasteiger partial charge in [-0.3, -0.25) is 4.79 Å². The van der Waals surface area contributed by atoms with Gasteiger partial charge in [0.05, 0.1) is 5.52 Å². The van der Waals surface area contributed by atoms with Crippen LogP contribution in [0.4, 0.5) is 5.69 Å². The standard InChI is InChI=1S/C22H25N3O2/c1-4-5-6-13-25-19-12-9-16(3)14-18(19)20(22(25)27)23-24-21(26)17-10-7-15(2)8-11-17/h7-12,14,27H,4-6,13H2,1-3H3. The molecule has 27 heavy (non-hydrogen) atoms. The summed E-state index contributed by atoms with van der Waals surface area (Å²) in [4.78, 5) is 12.3. The maximum absolute atomic E-state index is 12.3. The molecule has 3 rings (SSSR count). The summed E-state index contributed by atoms with van der Waals surface area (Å²) < 4.78 is 1.86. The van der Waals surface area contributed by atoms with Gasteiger partial charge < -0.3 is 9.67 Å². The van der Waals surface area contributed by atoms with Crippen LogP contribution < -0.4 is 0 Å². The second-order valence-corrected chi connectivity index (χ2v) is 6.92. The Kier molecular flexibility index (Phi) is 5.69. The molecule has 0 fully saturated rings. The molecule has 0 aliphatic rings. The van der Waals surface area contributed by atoms with Gasteiger partial charge in [-0.15, -0.1) is 10.2 Å². The lowest BCUT2D eigenvalue weighted by molar-refractivity contribution is 0.0995. The van der Waals surface area contributed by atoms with Gasteiger partial charge in [0.25, 0.3) is 5.91 Å². The third-order valence-electron chi connectivity index (χ3n) is 4.69. The van der Waals surface area contributed by atoms with Crippen molar-refractivity contribution < 1.29 is 9.90 Å². The largest absolute Gasteiger partial charge is 0.493 e. The van der Waals surface area contributed by atoms with Crippen molar-refractivity contribution in [2.75, 3.05) is 0 Å². The van der Waals surface area contributed by atoms with E-state index in [-0.39, 0.29) is 5.88 Å². The Balaban J connectivity index is 1.97.